The van der Waals surface area contributed by atoms with Crippen LogP contribution in [-0.4, -0.2) is 30.4 Å². The van der Waals surface area contributed by atoms with Gasteiger partial charge in [-0.25, -0.2) is 0 Å². The molecule has 0 aliphatic carbocycles. The van der Waals surface area contributed by atoms with E-state index in [1.165, 1.54) is 13.8 Å². The first-order valence-electron chi connectivity index (χ1n) is 6.24. The van der Waals surface area contributed by atoms with Gasteiger partial charge in [-0.2, -0.15) is 0 Å². The number of rotatable bonds is 8. The van der Waals surface area contributed by atoms with E-state index in [4.69, 9.17) is 16.1 Å². The topological polar surface area (TPSA) is 71.1 Å². The Bertz CT molecular complexity index is 266. The summed E-state index contributed by atoms with van der Waals surface area (Å²) in [6.45, 7) is 10.2. The standard InChI is InChI=1S/C6H9O4.2C3H7O.Ti/c1-4(7)9-6(3)10-5(2)8;2*1-3(2)4;/h6H,3H2,1-2H3;2*3H,1-2H3;/q;2*-1;+2. The van der Waals surface area contributed by atoms with Crippen molar-refractivity contribution in [3.63, 3.8) is 0 Å². The Labute approximate surface area is 121 Å². The van der Waals surface area contributed by atoms with E-state index < -0.39 is 36.9 Å². The average molecular weight is 311 g/mol. The fourth-order valence-electron chi connectivity index (χ4n) is 1.26. The molecule has 0 spiro atoms. The molecule has 0 bridgehead atoms. The van der Waals surface area contributed by atoms with Crippen LogP contribution >= 0.6 is 0 Å². The van der Waals surface area contributed by atoms with E-state index in [2.05, 4.69) is 0 Å². The Hall–Kier alpha value is -0.426. The first-order chi connectivity index (χ1) is 8.70. The Balaban J connectivity index is 4.59. The van der Waals surface area contributed by atoms with Gasteiger partial charge in [0.05, 0.1) is 0 Å². The van der Waals surface area contributed by atoms with Crippen LogP contribution in [0.4, 0.5) is 0 Å². The van der Waals surface area contributed by atoms with Crippen LogP contribution in [-0.2, 0) is 44.3 Å². The SMILES string of the molecule is CC(=O)OC([CH2][Ti]([O]C(C)C)[O]C(C)C)OC(C)=O. The number of esters is 2. The fourth-order valence-corrected chi connectivity index (χ4v) is 3.98. The van der Waals surface area contributed by atoms with Crippen LogP contribution in [0.2, 0.25) is 4.73 Å². The van der Waals surface area contributed by atoms with Crippen LogP contribution in [0.1, 0.15) is 41.5 Å². The summed E-state index contributed by atoms with van der Waals surface area (Å²) in [5.41, 5.74) is 0. The summed E-state index contributed by atoms with van der Waals surface area (Å²) in [7, 11) is 0. The third-order valence-electron chi connectivity index (χ3n) is 1.66. The molecule has 0 fully saturated rings. The average Bonchev–Trinajstić information content (AvgIpc) is 2.11. The number of hydrogen-bond donors (Lipinski definition) is 0. The normalized spacial score (nSPS) is 11.0. The van der Waals surface area contributed by atoms with E-state index in [9.17, 15) is 9.59 Å². The van der Waals surface area contributed by atoms with Gasteiger partial charge >= 0.3 is 121 Å². The second-order valence-electron chi connectivity index (χ2n) is 4.56. The Morgan fingerprint density at radius 2 is 1.26 bits per heavy atom. The molecule has 0 aliphatic heterocycles. The zero-order valence-electron chi connectivity index (χ0n) is 12.4. The molecule has 0 aliphatic rings. The van der Waals surface area contributed by atoms with E-state index in [0.717, 1.165) is 0 Å². The quantitative estimate of drug-likeness (QED) is 0.388. The van der Waals surface area contributed by atoms with Crippen molar-refractivity contribution < 1.29 is 44.3 Å². The summed E-state index contributed by atoms with van der Waals surface area (Å²) in [6.07, 6.45) is -0.893. The predicted molar refractivity (Wildman–Crippen MR) is 64.6 cm³/mol. The van der Waals surface area contributed by atoms with Gasteiger partial charge in [0.25, 0.3) is 0 Å². The maximum atomic E-state index is 11.0. The Kier molecular flexibility index (Phi) is 9.26. The van der Waals surface area contributed by atoms with Crippen molar-refractivity contribution in [2.75, 3.05) is 0 Å². The third-order valence-corrected chi connectivity index (χ3v) is 5.00. The minimum absolute atomic E-state index is 0.0176. The van der Waals surface area contributed by atoms with E-state index in [0.29, 0.717) is 4.73 Å². The van der Waals surface area contributed by atoms with Gasteiger partial charge in [-0.3, -0.25) is 0 Å². The molecular weight excluding hydrogens is 288 g/mol. The van der Waals surface area contributed by atoms with Crippen LogP contribution in [0.25, 0.3) is 0 Å². The van der Waals surface area contributed by atoms with E-state index >= 15 is 0 Å². The first kappa shape index (κ1) is 18.6. The summed E-state index contributed by atoms with van der Waals surface area (Å²) >= 11 is -2.37. The Morgan fingerprint density at radius 1 is 0.895 bits per heavy atom. The molecular formula is C12H23O6Ti. The predicted octanol–water partition coefficient (Wildman–Crippen LogP) is 2.16. The van der Waals surface area contributed by atoms with Crippen molar-refractivity contribution in [1.82, 2.24) is 0 Å². The van der Waals surface area contributed by atoms with Gasteiger partial charge in [0.2, 0.25) is 0 Å². The molecule has 0 N–H and O–H groups in total. The second kappa shape index (κ2) is 9.47. The van der Waals surface area contributed by atoms with Crippen molar-refractivity contribution in [2.45, 2.75) is 64.8 Å². The molecule has 0 rings (SSSR count). The fraction of sp³-hybridized carbons (Fsp3) is 0.833. The minimum atomic E-state index is -2.37. The van der Waals surface area contributed by atoms with E-state index in [-0.39, 0.29) is 12.2 Å². The number of carbonyl (C=O) groups is 2. The summed E-state index contributed by atoms with van der Waals surface area (Å²) in [5, 5.41) is 0. The molecule has 6 nitrogen and oxygen atoms in total. The van der Waals surface area contributed by atoms with Crippen molar-refractivity contribution in [3.8, 4) is 0 Å². The van der Waals surface area contributed by atoms with Crippen molar-refractivity contribution >= 4 is 11.9 Å². The van der Waals surface area contributed by atoms with Gasteiger partial charge in [0.1, 0.15) is 0 Å². The molecule has 0 amide bonds. The zero-order valence-corrected chi connectivity index (χ0v) is 14.0. The van der Waals surface area contributed by atoms with Crippen molar-refractivity contribution in [3.05, 3.63) is 0 Å². The summed E-state index contributed by atoms with van der Waals surface area (Å²) in [4.78, 5) is 22.0. The van der Waals surface area contributed by atoms with Gasteiger partial charge in [0.15, 0.2) is 0 Å². The monoisotopic (exact) mass is 311 g/mol. The molecule has 0 aromatic heterocycles. The van der Waals surface area contributed by atoms with Crippen LogP contribution in [0, 0.1) is 0 Å². The molecule has 7 heteroatoms. The molecule has 0 saturated heterocycles. The molecule has 111 valence electrons. The van der Waals surface area contributed by atoms with Crippen molar-refractivity contribution in [1.29, 1.82) is 0 Å². The molecule has 0 radical (unpaired) electrons. The molecule has 0 atom stereocenters. The van der Waals surface area contributed by atoms with Gasteiger partial charge in [-0.15, -0.1) is 0 Å². The molecule has 0 heterocycles. The van der Waals surface area contributed by atoms with Gasteiger partial charge in [0, 0.05) is 0 Å². The number of carbonyl (C=O) groups excluding carboxylic acids is 2. The first-order valence-corrected chi connectivity index (χ1v) is 8.62. The molecule has 0 aromatic rings. The van der Waals surface area contributed by atoms with Crippen LogP contribution in [0.15, 0.2) is 0 Å². The zero-order chi connectivity index (χ0) is 15.0. The van der Waals surface area contributed by atoms with Crippen LogP contribution in [0.3, 0.4) is 0 Å². The number of hydrogen-bond acceptors (Lipinski definition) is 6. The van der Waals surface area contributed by atoms with Gasteiger partial charge in [-0.05, 0) is 0 Å². The third kappa shape index (κ3) is 11.1. The van der Waals surface area contributed by atoms with Gasteiger partial charge < -0.3 is 0 Å². The molecule has 0 unspecified atom stereocenters. The Morgan fingerprint density at radius 3 is 1.53 bits per heavy atom. The molecule has 0 aromatic carbocycles. The van der Waals surface area contributed by atoms with Crippen molar-refractivity contribution in [2.24, 2.45) is 0 Å². The number of ether oxygens (including phenoxy) is 2. The summed E-state index contributed by atoms with van der Waals surface area (Å²) in [6, 6.07) is 0. The van der Waals surface area contributed by atoms with Crippen LogP contribution in [0.5, 0.6) is 0 Å². The molecule has 19 heavy (non-hydrogen) atoms. The second-order valence-corrected chi connectivity index (χ2v) is 7.09. The van der Waals surface area contributed by atoms with Crippen LogP contribution < -0.4 is 0 Å². The van der Waals surface area contributed by atoms with Gasteiger partial charge in [-0.1, -0.05) is 0 Å². The van der Waals surface area contributed by atoms with E-state index in [1.807, 2.05) is 27.7 Å². The summed E-state index contributed by atoms with van der Waals surface area (Å²) < 4.78 is 21.6. The summed E-state index contributed by atoms with van der Waals surface area (Å²) in [5.74, 6) is -1.00. The van der Waals surface area contributed by atoms with E-state index in [1.54, 1.807) is 0 Å². The molecule has 0 saturated carbocycles. The maximum absolute atomic E-state index is 11.0.